The van der Waals surface area contributed by atoms with E-state index < -0.39 is 0 Å². The number of benzene rings is 2. The van der Waals surface area contributed by atoms with E-state index in [-0.39, 0.29) is 0 Å². The zero-order chi connectivity index (χ0) is 19.2. The molecule has 0 radical (unpaired) electrons. The zero-order valence-electron chi connectivity index (χ0n) is 15.3. The summed E-state index contributed by atoms with van der Waals surface area (Å²) in [6.07, 6.45) is 0.928. The Kier molecular flexibility index (Phi) is 6.67. The first-order valence-corrected chi connectivity index (χ1v) is 9.43. The molecule has 27 heavy (non-hydrogen) atoms. The van der Waals surface area contributed by atoms with Crippen molar-refractivity contribution in [1.82, 2.24) is 0 Å². The van der Waals surface area contributed by atoms with E-state index >= 15 is 0 Å². The van der Waals surface area contributed by atoms with Gasteiger partial charge < -0.3 is 19.2 Å². The Bertz CT molecular complexity index is 908. The lowest BCUT2D eigenvalue weighted by atomic mass is 10.1. The molecule has 4 nitrogen and oxygen atoms in total. The highest BCUT2D eigenvalue weighted by Crippen LogP contribution is 2.31. The molecule has 6 heteroatoms. The molecule has 0 aliphatic carbocycles. The first kappa shape index (κ1) is 19.6. The van der Waals surface area contributed by atoms with Crippen molar-refractivity contribution >= 4 is 23.2 Å². The van der Waals surface area contributed by atoms with Gasteiger partial charge in [0, 0.05) is 17.0 Å². The number of rotatable bonds is 8. The highest BCUT2D eigenvalue weighted by atomic mass is 35.5. The topological polar surface area (TPSA) is 48.2 Å². The highest BCUT2D eigenvalue weighted by Gasteiger charge is 2.10. The van der Waals surface area contributed by atoms with Crippen molar-refractivity contribution in [2.45, 2.75) is 13.0 Å². The summed E-state index contributed by atoms with van der Waals surface area (Å²) >= 11 is 12.2. The van der Waals surface area contributed by atoms with Gasteiger partial charge in [0.2, 0.25) is 0 Å². The van der Waals surface area contributed by atoms with Gasteiger partial charge in [-0.25, -0.2) is 0 Å². The summed E-state index contributed by atoms with van der Waals surface area (Å²) in [5.41, 5.74) is 2.05. The van der Waals surface area contributed by atoms with Crippen LogP contribution in [0.5, 0.6) is 11.5 Å². The molecular weight excluding hydrogens is 385 g/mol. The Labute approximate surface area is 169 Å². The van der Waals surface area contributed by atoms with E-state index in [0.717, 1.165) is 48.1 Å². The van der Waals surface area contributed by atoms with Gasteiger partial charge >= 0.3 is 0 Å². The molecule has 0 aliphatic rings. The minimum absolute atomic E-state index is 0.584. The highest BCUT2D eigenvalue weighted by molar-refractivity contribution is 6.36. The van der Waals surface area contributed by atoms with Gasteiger partial charge in [0.05, 0.1) is 25.8 Å². The normalized spacial score (nSPS) is 10.8. The maximum Gasteiger partial charge on any atom is 0.160 e. The fourth-order valence-corrected chi connectivity index (χ4v) is 3.37. The first-order chi connectivity index (χ1) is 13.1. The van der Waals surface area contributed by atoms with Gasteiger partial charge in [-0.3, -0.25) is 0 Å². The van der Waals surface area contributed by atoms with Crippen LogP contribution in [0.15, 0.2) is 52.9 Å². The summed E-state index contributed by atoms with van der Waals surface area (Å²) < 4.78 is 16.5. The number of hydrogen-bond donors (Lipinski definition) is 1. The molecule has 3 rings (SSSR count). The lowest BCUT2D eigenvalue weighted by Crippen LogP contribution is -2.83. The summed E-state index contributed by atoms with van der Waals surface area (Å²) in [5.74, 6) is 3.16. The zero-order valence-corrected chi connectivity index (χ0v) is 16.8. The quantitative estimate of drug-likeness (QED) is 0.557. The van der Waals surface area contributed by atoms with Gasteiger partial charge in [-0.15, -0.1) is 0 Å². The second kappa shape index (κ2) is 9.18. The number of hydrogen-bond acceptors (Lipinski definition) is 3. The van der Waals surface area contributed by atoms with E-state index in [1.165, 1.54) is 5.56 Å². The van der Waals surface area contributed by atoms with Crippen LogP contribution in [0, 0.1) is 0 Å². The van der Waals surface area contributed by atoms with Crippen LogP contribution < -0.4 is 14.8 Å². The largest absolute Gasteiger partial charge is 0.493 e. The van der Waals surface area contributed by atoms with Crippen LogP contribution in [0.4, 0.5) is 0 Å². The number of halogens is 2. The number of furan rings is 1. The molecule has 0 aliphatic heterocycles. The second-order valence-electron chi connectivity index (χ2n) is 6.11. The van der Waals surface area contributed by atoms with Crippen molar-refractivity contribution in [2.24, 2.45) is 0 Å². The summed E-state index contributed by atoms with van der Waals surface area (Å²) in [7, 11) is 3.29. The smallest absolute Gasteiger partial charge is 0.160 e. The molecule has 0 spiro atoms. The predicted octanol–water partition coefficient (Wildman–Crippen LogP) is 4.58. The van der Waals surface area contributed by atoms with Crippen LogP contribution in [-0.4, -0.2) is 20.8 Å². The van der Waals surface area contributed by atoms with E-state index in [4.69, 9.17) is 37.1 Å². The van der Waals surface area contributed by atoms with Gasteiger partial charge in [-0.1, -0.05) is 29.3 Å². The lowest BCUT2D eigenvalue weighted by Gasteiger charge is -2.09. The average Bonchev–Trinajstić information content (AvgIpc) is 3.13. The minimum atomic E-state index is 0.584. The van der Waals surface area contributed by atoms with Crippen molar-refractivity contribution in [2.75, 3.05) is 20.8 Å². The fourth-order valence-electron chi connectivity index (χ4n) is 2.87. The van der Waals surface area contributed by atoms with Gasteiger partial charge in [0.25, 0.3) is 0 Å². The molecular formula is C21H22Cl2NO3+. The fraction of sp³-hybridized carbons (Fsp3) is 0.238. The molecule has 0 amide bonds. The first-order valence-electron chi connectivity index (χ1n) is 8.67. The Morgan fingerprint density at radius 3 is 2.48 bits per heavy atom. The lowest BCUT2D eigenvalue weighted by molar-refractivity contribution is -0.671. The Morgan fingerprint density at radius 2 is 1.74 bits per heavy atom. The third kappa shape index (κ3) is 4.98. The summed E-state index contributed by atoms with van der Waals surface area (Å²) in [6.45, 7) is 1.70. The van der Waals surface area contributed by atoms with Gasteiger partial charge in [0.1, 0.15) is 12.3 Å². The summed E-state index contributed by atoms with van der Waals surface area (Å²) in [5, 5.41) is 3.41. The van der Waals surface area contributed by atoms with Crippen LogP contribution >= 0.6 is 23.2 Å². The minimum Gasteiger partial charge on any atom is -0.493 e. The van der Waals surface area contributed by atoms with E-state index in [9.17, 15) is 0 Å². The van der Waals surface area contributed by atoms with E-state index in [1.807, 2.05) is 30.3 Å². The van der Waals surface area contributed by atoms with E-state index in [1.54, 1.807) is 26.4 Å². The number of nitrogens with two attached hydrogens (primary N) is 1. The summed E-state index contributed by atoms with van der Waals surface area (Å²) in [4.78, 5) is 0. The molecule has 3 aromatic rings. The third-order valence-electron chi connectivity index (χ3n) is 4.29. The molecule has 1 heterocycles. The van der Waals surface area contributed by atoms with Crippen LogP contribution in [0.25, 0.3) is 11.3 Å². The van der Waals surface area contributed by atoms with Gasteiger partial charge in [0.15, 0.2) is 17.3 Å². The molecule has 2 N–H and O–H groups in total. The van der Waals surface area contributed by atoms with Crippen molar-refractivity contribution in [3.8, 4) is 22.8 Å². The van der Waals surface area contributed by atoms with E-state index in [2.05, 4.69) is 11.4 Å². The standard InChI is InChI=1S/C21H21Cl2NO3/c1-25-20-7-3-14(11-21(20)26-2)9-10-24-13-16-5-8-19(27-16)17-6-4-15(22)12-18(17)23/h3-8,11-12,24H,9-10,13H2,1-2H3/p+1. The van der Waals surface area contributed by atoms with Crippen molar-refractivity contribution in [1.29, 1.82) is 0 Å². The van der Waals surface area contributed by atoms with Crippen molar-refractivity contribution < 1.29 is 19.2 Å². The molecule has 2 aromatic carbocycles. The van der Waals surface area contributed by atoms with Crippen LogP contribution in [-0.2, 0) is 13.0 Å². The summed E-state index contributed by atoms with van der Waals surface area (Å²) in [6, 6.07) is 15.3. The van der Waals surface area contributed by atoms with Crippen LogP contribution in [0.1, 0.15) is 11.3 Å². The molecule has 0 saturated carbocycles. The van der Waals surface area contributed by atoms with Gasteiger partial charge in [-0.05, 0) is 48.0 Å². The molecule has 0 saturated heterocycles. The molecule has 0 bridgehead atoms. The second-order valence-corrected chi connectivity index (χ2v) is 6.95. The molecule has 142 valence electrons. The third-order valence-corrected chi connectivity index (χ3v) is 4.84. The predicted molar refractivity (Wildman–Crippen MR) is 108 cm³/mol. The van der Waals surface area contributed by atoms with Gasteiger partial charge in [-0.2, -0.15) is 0 Å². The maximum atomic E-state index is 6.24. The SMILES string of the molecule is COc1ccc(CC[NH2+]Cc2ccc(-c3ccc(Cl)cc3Cl)o2)cc1OC. The van der Waals surface area contributed by atoms with Crippen LogP contribution in [0.2, 0.25) is 10.0 Å². The van der Waals surface area contributed by atoms with E-state index in [0.29, 0.717) is 10.0 Å². The number of ether oxygens (including phenoxy) is 2. The van der Waals surface area contributed by atoms with Crippen molar-refractivity contribution in [3.63, 3.8) is 0 Å². The Morgan fingerprint density at radius 1 is 0.926 bits per heavy atom. The molecule has 0 fully saturated rings. The molecule has 0 unspecified atom stereocenters. The Balaban J connectivity index is 1.53. The molecule has 1 aromatic heterocycles. The average molecular weight is 407 g/mol. The number of methoxy groups -OCH3 is 2. The number of quaternary nitrogens is 1. The molecule has 0 atom stereocenters. The Hall–Kier alpha value is -2.14. The monoisotopic (exact) mass is 406 g/mol. The maximum absolute atomic E-state index is 6.24. The van der Waals surface area contributed by atoms with Crippen molar-refractivity contribution in [3.05, 3.63) is 69.9 Å². The van der Waals surface area contributed by atoms with Crippen LogP contribution in [0.3, 0.4) is 0 Å².